The fourth-order valence-corrected chi connectivity index (χ4v) is 3.77. The molecule has 0 N–H and O–H groups in total. The van der Waals surface area contributed by atoms with Gasteiger partial charge in [-0.2, -0.15) is 5.10 Å². The number of carbonyl (C=O) groups is 1. The predicted molar refractivity (Wildman–Crippen MR) is 104 cm³/mol. The van der Waals surface area contributed by atoms with E-state index in [1.165, 1.54) is 0 Å². The molecular formula is C21H29N3O3. The fourth-order valence-electron chi connectivity index (χ4n) is 3.77. The molecule has 1 amide bonds. The lowest BCUT2D eigenvalue weighted by Gasteiger charge is -2.29. The third-order valence-corrected chi connectivity index (χ3v) is 5.26. The Balaban J connectivity index is 1.73. The van der Waals surface area contributed by atoms with E-state index in [1.807, 2.05) is 36.9 Å². The van der Waals surface area contributed by atoms with Gasteiger partial charge in [-0.15, -0.1) is 0 Å². The number of amides is 1. The molecule has 2 aromatic rings. The summed E-state index contributed by atoms with van der Waals surface area (Å²) in [5, 5.41) is 4.62. The smallest absolute Gasteiger partial charge is 0.229 e. The van der Waals surface area contributed by atoms with Crippen molar-refractivity contribution in [2.45, 2.75) is 46.7 Å². The Kier molecular flexibility index (Phi) is 5.44. The van der Waals surface area contributed by atoms with Gasteiger partial charge in [0.25, 0.3) is 0 Å². The Bertz CT molecular complexity index is 841. The van der Waals surface area contributed by atoms with Gasteiger partial charge in [-0.05, 0) is 45.7 Å². The number of carbonyl (C=O) groups excluding carboxylic acids is 1. The van der Waals surface area contributed by atoms with Gasteiger partial charge >= 0.3 is 0 Å². The molecule has 1 atom stereocenters. The number of benzene rings is 1. The highest BCUT2D eigenvalue weighted by atomic mass is 16.5. The molecule has 0 spiro atoms. The standard InChI is InChI=1S/C21H29N3O3/c1-13(2)24-15(4)18(14(3)22-24)11-23(5)21(25)17-10-16-8-7-9-19(26-6)20(16)27-12-17/h7-9,13,17H,10-12H2,1-6H3/t17-/m0/s1. The highest BCUT2D eigenvalue weighted by molar-refractivity contribution is 5.79. The van der Waals surface area contributed by atoms with Crippen LogP contribution in [0.15, 0.2) is 18.2 Å². The van der Waals surface area contributed by atoms with Crippen LogP contribution in [0.3, 0.4) is 0 Å². The molecule has 0 radical (unpaired) electrons. The molecule has 0 unspecified atom stereocenters. The minimum absolute atomic E-state index is 0.0968. The van der Waals surface area contributed by atoms with Gasteiger partial charge in [0.1, 0.15) is 6.61 Å². The van der Waals surface area contributed by atoms with E-state index in [0.29, 0.717) is 25.6 Å². The highest BCUT2D eigenvalue weighted by Gasteiger charge is 2.30. The van der Waals surface area contributed by atoms with E-state index in [9.17, 15) is 4.79 Å². The highest BCUT2D eigenvalue weighted by Crippen LogP contribution is 2.36. The van der Waals surface area contributed by atoms with Crippen molar-refractivity contribution in [2.75, 3.05) is 20.8 Å². The topological polar surface area (TPSA) is 56.6 Å². The first-order valence-electron chi connectivity index (χ1n) is 9.41. The predicted octanol–water partition coefficient (Wildman–Crippen LogP) is 3.30. The number of rotatable bonds is 5. The van der Waals surface area contributed by atoms with Crippen molar-refractivity contribution < 1.29 is 14.3 Å². The number of ether oxygens (including phenoxy) is 2. The van der Waals surface area contributed by atoms with Crippen LogP contribution in [0.4, 0.5) is 0 Å². The number of methoxy groups -OCH3 is 1. The maximum Gasteiger partial charge on any atom is 0.229 e. The molecule has 1 aliphatic heterocycles. The van der Waals surface area contributed by atoms with Crippen LogP contribution in [0.5, 0.6) is 11.5 Å². The quantitative estimate of drug-likeness (QED) is 0.809. The summed E-state index contributed by atoms with van der Waals surface area (Å²) in [6, 6.07) is 6.12. The van der Waals surface area contributed by atoms with Crippen molar-refractivity contribution in [3.63, 3.8) is 0 Å². The van der Waals surface area contributed by atoms with Crippen LogP contribution in [0.1, 0.15) is 42.4 Å². The molecule has 1 aliphatic rings. The first-order chi connectivity index (χ1) is 12.8. The van der Waals surface area contributed by atoms with Crippen LogP contribution in [0, 0.1) is 19.8 Å². The summed E-state index contributed by atoms with van der Waals surface area (Å²) in [6.07, 6.45) is 0.666. The lowest BCUT2D eigenvalue weighted by Crippen LogP contribution is -2.38. The van der Waals surface area contributed by atoms with Crippen molar-refractivity contribution in [1.82, 2.24) is 14.7 Å². The van der Waals surface area contributed by atoms with Crippen molar-refractivity contribution in [3.8, 4) is 11.5 Å². The van der Waals surface area contributed by atoms with E-state index in [2.05, 4.69) is 25.9 Å². The molecule has 0 saturated heterocycles. The van der Waals surface area contributed by atoms with Crippen LogP contribution < -0.4 is 9.47 Å². The summed E-state index contributed by atoms with van der Waals surface area (Å²) in [5.41, 5.74) is 4.25. The summed E-state index contributed by atoms with van der Waals surface area (Å²) < 4.78 is 13.2. The second kappa shape index (κ2) is 7.62. The summed E-state index contributed by atoms with van der Waals surface area (Å²) in [7, 11) is 3.49. The van der Waals surface area contributed by atoms with Crippen LogP contribution in [0.2, 0.25) is 0 Å². The molecular weight excluding hydrogens is 342 g/mol. The lowest BCUT2D eigenvalue weighted by molar-refractivity contribution is -0.136. The first kappa shape index (κ1) is 19.3. The van der Waals surface area contributed by atoms with Gasteiger partial charge in [-0.25, -0.2) is 0 Å². The number of aryl methyl sites for hydroxylation is 1. The molecule has 0 bridgehead atoms. The molecule has 6 heteroatoms. The van der Waals surface area contributed by atoms with E-state index < -0.39 is 0 Å². The first-order valence-corrected chi connectivity index (χ1v) is 9.41. The maximum atomic E-state index is 13.0. The van der Waals surface area contributed by atoms with E-state index in [-0.39, 0.29) is 11.8 Å². The molecule has 146 valence electrons. The van der Waals surface area contributed by atoms with Crippen molar-refractivity contribution in [2.24, 2.45) is 5.92 Å². The fraction of sp³-hybridized carbons (Fsp3) is 0.524. The van der Waals surface area contributed by atoms with Crippen molar-refractivity contribution in [3.05, 3.63) is 40.7 Å². The Labute approximate surface area is 161 Å². The normalized spacial score (nSPS) is 16.0. The zero-order valence-corrected chi connectivity index (χ0v) is 17.1. The monoisotopic (exact) mass is 371 g/mol. The van der Waals surface area contributed by atoms with Crippen LogP contribution in [-0.4, -0.2) is 41.4 Å². The summed E-state index contributed by atoms with van der Waals surface area (Å²) in [6.45, 7) is 9.24. The molecule has 0 fully saturated rings. The lowest BCUT2D eigenvalue weighted by atomic mass is 9.95. The Morgan fingerprint density at radius 1 is 1.41 bits per heavy atom. The minimum Gasteiger partial charge on any atom is -0.493 e. The largest absolute Gasteiger partial charge is 0.493 e. The summed E-state index contributed by atoms with van der Waals surface area (Å²) in [5.74, 6) is 1.39. The molecule has 1 aromatic carbocycles. The van der Waals surface area contributed by atoms with E-state index in [0.717, 1.165) is 34.0 Å². The van der Waals surface area contributed by atoms with E-state index in [4.69, 9.17) is 9.47 Å². The van der Waals surface area contributed by atoms with Crippen molar-refractivity contribution in [1.29, 1.82) is 0 Å². The number of hydrogen-bond donors (Lipinski definition) is 0. The van der Waals surface area contributed by atoms with Gasteiger partial charge < -0.3 is 14.4 Å². The number of para-hydroxylation sites is 1. The van der Waals surface area contributed by atoms with Crippen LogP contribution in [-0.2, 0) is 17.8 Å². The Morgan fingerprint density at radius 2 is 2.15 bits per heavy atom. The molecule has 27 heavy (non-hydrogen) atoms. The van der Waals surface area contributed by atoms with Gasteiger partial charge in [0, 0.05) is 30.9 Å². The third-order valence-electron chi connectivity index (χ3n) is 5.26. The van der Waals surface area contributed by atoms with E-state index >= 15 is 0 Å². The van der Waals surface area contributed by atoms with Gasteiger partial charge in [-0.1, -0.05) is 12.1 Å². The minimum atomic E-state index is -0.185. The van der Waals surface area contributed by atoms with Gasteiger partial charge in [0.15, 0.2) is 11.5 Å². The SMILES string of the molecule is COc1cccc2c1OC[C@@H](C(=O)N(C)Cc1c(C)nn(C(C)C)c1C)C2. The van der Waals surface area contributed by atoms with Gasteiger partial charge in [0.2, 0.25) is 5.91 Å². The molecule has 2 heterocycles. The summed E-state index contributed by atoms with van der Waals surface area (Å²) >= 11 is 0. The molecule has 3 rings (SSSR count). The third kappa shape index (κ3) is 3.66. The zero-order valence-electron chi connectivity index (χ0n) is 17.1. The van der Waals surface area contributed by atoms with E-state index in [1.54, 1.807) is 12.0 Å². The number of aromatic nitrogens is 2. The number of nitrogens with zero attached hydrogens (tertiary/aromatic N) is 3. The number of hydrogen-bond acceptors (Lipinski definition) is 4. The average molecular weight is 371 g/mol. The second-order valence-corrected chi connectivity index (χ2v) is 7.54. The summed E-state index contributed by atoms with van der Waals surface area (Å²) in [4.78, 5) is 14.8. The van der Waals surface area contributed by atoms with Crippen LogP contribution in [0.25, 0.3) is 0 Å². The number of fused-ring (bicyclic) bond motifs is 1. The molecule has 0 saturated carbocycles. The zero-order chi connectivity index (χ0) is 19.7. The molecule has 0 aliphatic carbocycles. The van der Waals surface area contributed by atoms with Crippen LogP contribution >= 0.6 is 0 Å². The Morgan fingerprint density at radius 3 is 2.78 bits per heavy atom. The van der Waals surface area contributed by atoms with Gasteiger partial charge in [0.05, 0.1) is 18.7 Å². The second-order valence-electron chi connectivity index (χ2n) is 7.54. The average Bonchev–Trinajstić information content (AvgIpc) is 2.94. The Hall–Kier alpha value is -2.50. The molecule has 1 aromatic heterocycles. The van der Waals surface area contributed by atoms with Gasteiger partial charge in [-0.3, -0.25) is 9.48 Å². The maximum absolute atomic E-state index is 13.0. The molecule has 6 nitrogen and oxygen atoms in total. The van der Waals surface area contributed by atoms with Crippen molar-refractivity contribution >= 4 is 5.91 Å².